The number of nitrogens with one attached hydrogen (secondary N) is 1. The lowest BCUT2D eigenvalue weighted by molar-refractivity contribution is 0.188. The van der Waals surface area contributed by atoms with E-state index in [0.717, 1.165) is 42.8 Å². The van der Waals surface area contributed by atoms with Crippen LogP contribution >= 0.6 is 11.6 Å². The van der Waals surface area contributed by atoms with Crippen LogP contribution in [0.2, 0.25) is 5.02 Å². The topological polar surface area (TPSA) is 98.7 Å². The van der Waals surface area contributed by atoms with E-state index in [4.69, 9.17) is 16.7 Å². The molecule has 0 amide bonds. The van der Waals surface area contributed by atoms with Crippen molar-refractivity contribution in [3.63, 3.8) is 0 Å². The van der Waals surface area contributed by atoms with Gasteiger partial charge in [0.1, 0.15) is 10.7 Å². The van der Waals surface area contributed by atoms with E-state index in [0.29, 0.717) is 28.5 Å². The molecule has 2 aromatic heterocycles. The van der Waals surface area contributed by atoms with Crippen LogP contribution in [0.25, 0.3) is 22.0 Å². The van der Waals surface area contributed by atoms with E-state index in [9.17, 15) is 8.42 Å². The largest absolute Gasteiger partial charge is 0.395 e. The quantitative estimate of drug-likeness (QED) is 0.379. The molecule has 0 atom stereocenters. The van der Waals surface area contributed by atoms with Gasteiger partial charge in [0.2, 0.25) is 0 Å². The maximum absolute atomic E-state index is 13.1. The van der Waals surface area contributed by atoms with Crippen molar-refractivity contribution in [2.45, 2.75) is 4.90 Å². The second-order valence-electron chi connectivity index (χ2n) is 8.59. The van der Waals surface area contributed by atoms with Crippen molar-refractivity contribution in [1.82, 2.24) is 14.9 Å². The van der Waals surface area contributed by atoms with Crippen molar-refractivity contribution in [2.75, 3.05) is 49.0 Å². The number of aliphatic hydroxyl groups excluding tert-OH is 1. The number of hydrogen-bond donors (Lipinski definition) is 2. The van der Waals surface area contributed by atoms with Crippen molar-refractivity contribution in [1.29, 1.82) is 0 Å². The number of sulfonamides is 1. The number of aromatic nitrogens is 2. The van der Waals surface area contributed by atoms with E-state index in [1.54, 1.807) is 36.5 Å². The molecule has 5 rings (SSSR count). The van der Waals surface area contributed by atoms with Gasteiger partial charge in [0, 0.05) is 61.8 Å². The van der Waals surface area contributed by atoms with E-state index < -0.39 is 10.0 Å². The predicted molar refractivity (Wildman–Crippen MR) is 143 cm³/mol. The normalized spacial score (nSPS) is 14.8. The molecule has 10 heteroatoms. The van der Waals surface area contributed by atoms with Gasteiger partial charge >= 0.3 is 0 Å². The van der Waals surface area contributed by atoms with Gasteiger partial charge < -0.3 is 10.0 Å². The standard InChI is InChI=1S/C26H26ClN5O3S/c27-24-7-5-20(17-23(24)26-22-4-2-1-3-19(22)9-10-28-26)30-36(34,35)21-6-8-25(29-18-21)32-13-11-31(12-14-32)15-16-33/h1-10,17-18,30,33H,11-16H2. The third-order valence-electron chi connectivity index (χ3n) is 6.29. The monoisotopic (exact) mass is 523 g/mol. The van der Waals surface area contributed by atoms with Gasteiger partial charge in [-0.15, -0.1) is 0 Å². The Morgan fingerprint density at radius 2 is 1.78 bits per heavy atom. The van der Waals surface area contributed by atoms with Crippen molar-refractivity contribution in [3.8, 4) is 11.3 Å². The molecule has 3 heterocycles. The van der Waals surface area contributed by atoms with Gasteiger partial charge in [-0.05, 0) is 41.8 Å². The molecule has 0 bridgehead atoms. The van der Waals surface area contributed by atoms with E-state index in [1.807, 2.05) is 30.3 Å². The zero-order valence-corrected chi connectivity index (χ0v) is 21.1. The Hall–Kier alpha value is -3.24. The van der Waals surface area contributed by atoms with Gasteiger partial charge in [0.25, 0.3) is 10.0 Å². The number of piperazine rings is 1. The SMILES string of the molecule is O=S(=O)(Nc1ccc(Cl)c(-c2nccc3ccccc23)c1)c1ccc(N2CCN(CCO)CC2)nc1. The van der Waals surface area contributed by atoms with Crippen molar-refractivity contribution < 1.29 is 13.5 Å². The van der Waals surface area contributed by atoms with E-state index in [-0.39, 0.29) is 11.5 Å². The Kier molecular flexibility index (Phi) is 7.06. The molecular weight excluding hydrogens is 498 g/mol. The molecule has 0 saturated carbocycles. The molecular formula is C26H26ClN5O3S. The number of fused-ring (bicyclic) bond motifs is 1. The van der Waals surface area contributed by atoms with Gasteiger partial charge in [-0.1, -0.05) is 35.9 Å². The maximum Gasteiger partial charge on any atom is 0.263 e. The Labute approximate surface area is 215 Å². The van der Waals surface area contributed by atoms with Gasteiger partial charge in [-0.25, -0.2) is 13.4 Å². The average Bonchev–Trinajstić information content (AvgIpc) is 2.90. The van der Waals surface area contributed by atoms with Crippen LogP contribution in [-0.4, -0.2) is 67.7 Å². The third kappa shape index (κ3) is 5.15. The van der Waals surface area contributed by atoms with Crippen LogP contribution in [-0.2, 0) is 10.0 Å². The minimum Gasteiger partial charge on any atom is -0.395 e. The molecule has 0 radical (unpaired) electrons. The molecule has 2 N–H and O–H groups in total. The third-order valence-corrected chi connectivity index (χ3v) is 7.99. The maximum atomic E-state index is 13.1. The Bertz CT molecular complexity index is 1470. The first-order valence-corrected chi connectivity index (χ1v) is 13.5. The molecule has 2 aromatic carbocycles. The fraction of sp³-hybridized carbons (Fsp3) is 0.231. The van der Waals surface area contributed by atoms with Crippen molar-refractivity contribution in [2.24, 2.45) is 0 Å². The first-order chi connectivity index (χ1) is 17.4. The van der Waals surface area contributed by atoms with Gasteiger partial charge in [-0.3, -0.25) is 14.6 Å². The molecule has 0 spiro atoms. The number of rotatable bonds is 7. The summed E-state index contributed by atoms with van der Waals surface area (Å²) in [5, 5.41) is 11.5. The van der Waals surface area contributed by atoms with Crippen LogP contribution in [0.5, 0.6) is 0 Å². The zero-order chi connectivity index (χ0) is 25.1. The van der Waals surface area contributed by atoms with Gasteiger partial charge in [-0.2, -0.15) is 0 Å². The predicted octanol–water partition coefficient (Wildman–Crippen LogP) is 3.87. The van der Waals surface area contributed by atoms with Crippen LogP contribution in [0, 0.1) is 0 Å². The number of hydrogen-bond acceptors (Lipinski definition) is 7. The van der Waals surface area contributed by atoms with Gasteiger partial charge in [0.15, 0.2) is 0 Å². The average molecular weight is 524 g/mol. The van der Waals surface area contributed by atoms with Crippen molar-refractivity contribution >= 4 is 43.9 Å². The highest BCUT2D eigenvalue weighted by Gasteiger charge is 2.20. The summed E-state index contributed by atoms with van der Waals surface area (Å²) in [5.41, 5.74) is 1.71. The Morgan fingerprint density at radius 1 is 0.972 bits per heavy atom. The number of β-amino-alcohol motifs (C(OH)–C–C–N with tert-alkyl or cyclic N) is 1. The summed E-state index contributed by atoms with van der Waals surface area (Å²) in [4.78, 5) is 13.3. The number of aliphatic hydroxyl groups is 1. The summed E-state index contributed by atoms with van der Waals surface area (Å²) in [6.07, 6.45) is 3.09. The molecule has 1 fully saturated rings. The minimum absolute atomic E-state index is 0.0740. The summed E-state index contributed by atoms with van der Waals surface area (Å²) in [5.74, 6) is 0.730. The fourth-order valence-electron chi connectivity index (χ4n) is 4.38. The molecule has 0 unspecified atom stereocenters. The number of benzene rings is 2. The van der Waals surface area contributed by atoms with Crippen molar-refractivity contribution in [3.05, 3.63) is 78.1 Å². The first kappa shape index (κ1) is 24.5. The summed E-state index contributed by atoms with van der Waals surface area (Å²) in [7, 11) is -3.86. The Morgan fingerprint density at radius 3 is 2.53 bits per heavy atom. The van der Waals surface area contributed by atoms with Crippen LogP contribution in [0.3, 0.4) is 0 Å². The van der Waals surface area contributed by atoms with E-state index >= 15 is 0 Å². The molecule has 36 heavy (non-hydrogen) atoms. The number of anilines is 2. The molecule has 1 aliphatic rings. The molecule has 4 aromatic rings. The lowest BCUT2D eigenvalue weighted by Crippen LogP contribution is -2.47. The zero-order valence-electron chi connectivity index (χ0n) is 19.5. The molecule has 186 valence electrons. The first-order valence-electron chi connectivity index (χ1n) is 11.7. The number of halogens is 1. The second-order valence-corrected chi connectivity index (χ2v) is 10.7. The van der Waals surface area contributed by atoms with Crippen LogP contribution in [0.4, 0.5) is 11.5 Å². The van der Waals surface area contributed by atoms with Gasteiger partial charge in [0.05, 0.1) is 17.3 Å². The minimum atomic E-state index is -3.86. The lowest BCUT2D eigenvalue weighted by Gasteiger charge is -2.35. The van der Waals surface area contributed by atoms with Crippen LogP contribution in [0.15, 0.2) is 78.0 Å². The highest BCUT2D eigenvalue weighted by atomic mass is 35.5. The number of nitrogens with zero attached hydrogens (tertiary/aromatic N) is 4. The smallest absolute Gasteiger partial charge is 0.263 e. The van der Waals surface area contributed by atoms with Crippen LogP contribution in [0.1, 0.15) is 0 Å². The highest BCUT2D eigenvalue weighted by molar-refractivity contribution is 7.92. The highest BCUT2D eigenvalue weighted by Crippen LogP contribution is 2.34. The number of pyridine rings is 2. The molecule has 8 nitrogen and oxygen atoms in total. The van der Waals surface area contributed by atoms with Crippen LogP contribution < -0.4 is 9.62 Å². The fourth-order valence-corrected chi connectivity index (χ4v) is 5.58. The Balaban J connectivity index is 1.35. The second kappa shape index (κ2) is 10.4. The summed E-state index contributed by atoms with van der Waals surface area (Å²) >= 11 is 6.49. The van der Waals surface area contributed by atoms with E-state index in [2.05, 4.69) is 24.5 Å². The molecule has 0 aliphatic carbocycles. The summed E-state index contributed by atoms with van der Waals surface area (Å²) in [6, 6.07) is 18.0. The molecule has 1 aliphatic heterocycles. The summed E-state index contributed by atoms with van der Waals surface area (Å²) in [6.45, 7) is 4.00. The van der Waals surface area contributed by atoms with E-state index in [1.165, 1.54) is 6.20 Å². The summed E-state index contributed by atoms with van der Waals surface area (Å²) < 4.78 is 28.9. The lowest BCUT2D eigenvalue weighted by atomic mass is 10.0. The molecule has 1 saturated heterocycles.